The Hall–Kier alpha value is -3.07. The molecular formula is C21H23ClN8O4S2. The summed E-state index contributed by atoms with van der Waals surface area (Å²) in [6, 6.07) is 4.90. The molecule has 0 radical (unpaired) electrons. The summed E-state index contributed by atoms with van der Waals surface area (Å²) in [7, 11) is -5.30. The Balaban J connectivity index is 1.48. The molecule has 5 heterocycles. The minimum absolute atomic E-state index is 0.117. The molecule has 0 spiro atoms. The van der Waals surface area contributed by atoms with Crippen LogP contribution in [0.15, 0.2) is 49.2 Å². The maximum atomic E-state index is 11.6. The van der Waals surface area contributed by atoms with Crippen LogP contribution in [0.25, 0.3) is 17.2 Å². The van der Waals surface area contributed by atoms with E-state index in [4.69, 9.17) is 16.6 Å². The Bertz CT molecular complexity index is 1550. The largest absolute Gasteiger partial charge is 0.353 e. The third kappa shape index (κ3) is 5.07. The molecule has 5 rings (SSSR count). The number of halogens is 1. The van der Waals surface area contributed by atoms with E-state index in [1.54, 1.807) is 43.1 Å². The Morgan fingerprint density at radius 3 is 2.58 bits per heavy atom. The molecule has 0 bridgehead atoms. The van der Waals surface area contributed by atoms with Gasteiger partial charge in [-0.25, -0.2) is 31.8 Å². The second-order valence-corrected chi connectivity index (χ2v) is 10.8. The number of rotatable bonds is 7. The van der Waals surface area contributed by atoms with E-state index >= 15 is 0 Å². The molecule has 2 atom stereocenters. The van der Waals surface area contributed by atoms with Gasteiger partial charge in [-0.05, 0) is 25.1 Å². The Kier molecular flexibility index (Phi) is 6.92. The highest BCUT2D eigenvalue weighted by Crippen LogP contribution is 2.31. The third-order valence-electron chi connectivity index (χ3n) is 6.09. The fraction of sp³-hybridized carbons (Fsp3) is 0.333. The fourth-order valence-electron chi connectivity index (χ4n) is 4.49. The molecule has 0 aliphatic carbocycles. The highest BCUT2D eigenvalue weighted by Gasteiger charge is 2.35. The van der Waals surface area contributed by atoms with Crippen LogP contribution in [0.1, 0.15) is 18.5 Å². The molecule has 1 fully saturated rings. The molecule has 0 amide bonds. The second-order valence-electron chi connectivity index (χ2n) is 8.50. The number of hydrogen-bond acceptors (Lipinski definition) is 10. The SMILES string of the molecule is CC1CN(c2ccnc(-c3cnc4ccc(Cl)cn34)n2)CC(c2cnn(C[SH](=O)=O)c2)N1C[SH](=O)=O. The van der Waals surface area contributed by atoms with Gasteiger partial charge in [0, 0.05) is 43.3 Å². The van der Waals surface area contributed by atoms with Crippen LogP contribution >= 0.6 is 11.6 Å². The lowest BCUT2D eigenvalue weighted by Crippen LogP contribution is -2.54. The van der Waals surface area contributed by atoms with Crippen molar-refractivity contribution in [3.05, 3.63) is 59.8 Å². The molecule has 4 aromatic heterocycles. The summed E-state index contributed by atoms with van der Waals surface area (Å²) in [6.45, 7) is 2.92. The molecule has 0 saturated carbocycles. The van der Waals surface area contributed by atoms with Gasteiger partial charge in [0.15, 0.2) is 27.2 Å². The molecule has 36 heavy (non-hydrogen) atoms. The van der Waals surface area contributed by atoms with Crippen molar-refractivity contribution < 1.29 is 16.8 Å². The van der Waals surface area contributed by atoms with Crippen molar-refractivity contribution in [2.75, 3.05) is 23.9 Å². The zero-order valence-electron chi connectivity index (χ0n) is 19.1. The zero-order chi connectivity index (χ0) is 25.4. The van der Waals surface area contributed by atoms with E-state index in [2.05, 4.69) is 20.0 Å². The second kappa shape index (κ2) is 10.1. The van der Waals surface area contributed by atoms with Crippen LogP contribution in [0.2, 0.25) is 5.02 Å². The number of nitrogens with zero attached hydrogens (tertiary/aromatic N) is 8. The molecule has 15 heteroatoms. The number of hydrogen-bond donors (Lipinski definition) is 2. The first kappa shape index (κ1) is 24.6. The molecular weight excluding hydrogens is 528 g/mol. The lowest BCUT2D eigenvalue weighted by molar-refractivity contribution is 0.147. The predicted octanol–water partition coefficient (Wildman–Crippen LogP) is 1.03. The fourth-order valence-corrected chi connectivity index (χ4v) is 5.78. The summed E-state index contributed by atoms with van der Waals surface area (Å²) in [6.07, 6.45) is 8.34. The number of aromatic nitrogens is 6. The first-order valence-electron chi connectivity index (χ1n) is 11.0. The maximum Gasteiger partial charge on any atom is 0.180 e. The van der Waals surface area contributed by atoms with Crippen LogP contribution < -0.4 is 4.90 Å². The minimum Gasteiger partial charge on any atom is -0.353 e. The van der Waals surface area contributed by atoms with Gasteiger partial charge in [0.1, 0.15) is 23.0 Å². The summed E-state index contributed by atoms with van der Waals surface area (Å²) < 4.78 is 48.7. The van der Waals surface area contributed by atoms with E-state index in [-0.39, 0.29) is 23.8 Å². The zero-order valence-corrected chi connectivity index (χ0v) is 21.6. The van der Waals surface area contributed by atoms with Crippen molar-refractivity contribution in [1.29, 1.82) is 0 Å². The first-order valence-corrected chi connectivity index (χ1v) is 14.1. The van der Waals surface area contributed by atoms with E-state index in [9.17, 15) is 16.8 Å². The van der Waals surface area contributed by atoms with Crippen LogP contribution in [0.5, 0.6) is 0 Å². The van der Waals surface area contributed by atoms with E-state index in [1.807, 2.05) is 22.3 Å². The predicted molar refractivity (Wildman–Crippen MR) is 135 cm³/mol. The molecule has 190 valence electrons. The standard InChI is InChI=1S/C21H23ClN8O4S2/c1-14-8-27(11-18(30(14)13-36(33)34)15-6-25-28(9-15)12-35(31)32)20-4-5-23-21(26-20)17-7-24-19-3-2-16(22)10-29(17)19/h2-7,9-10,14,18,35-36H,8,11-13H2,1H3. The highest BCUT2D eigenvalue weighted by atomic mass is 35.5. The average molecular weight is 551 g/mol. The Morgan fingerprint density at radius 1 is 1.00 bits per heavy atom. The van der Waals surface area contributed by atoms with Crippen LogP contribution in [0.4, 0.5) is 5.82 Å². The van der Waals surface area contributed by atoms with Crippen molar-refractivity contribution in [2.24, 2.45) is 0 Å². The number of thiol groups is 2. The normalized spacial score (nSPS) is 19.1. The van der Waals surface area contributed by atoms with Gasteiger partial charge in [0.2, 0.25) is 0 Å². The van der Waals surface area contributed by atoms with E-state index in [1.165, 1.54) is 4.68 Å². The van der Waals surface area contributed by atoms with Gasteiger partial charge in [-0.3, -0.25) is 14.0 Å². The van der Waals surface area contributed by atoms with E-state index in [0.29, 0.717) is 41.1 Å². The third-order valence-corrected chi connectivity index (χ3v) is 7.39. The molecule has 1 aliphatic rings. The van der Waals surface area contributed by atoms with Gasteiger partial charge in [0.05, 0.1) is 29.3 Å². The van der Waals surface area contributed by atoms with Crippen molar-refractivity contribution in [1.82, 2.24) is 34.0 Å². The first-order chi connectivity index (χ1) is 17.3. The van der Waals surface area contributed by atoms with Crippen LogP contribution in [-0.2, 0) is 27.3 Å². The summed E-state index contributed by atoms with van der Waals surface area (Å²) in [5.74, 6) is 0.794. The topological polar surface area (TPSA) is 136 Å². The molecule has 1 saturated heterocycles. The lowest BCUT2D eigenvalue weighted by Gasteiger charge is -2.45. The van der Waals surface area contributed by atoms with Gasteiger partial charge in [0.25, 0.3) is 0 Å². The summed E-state index contributed by atoms with van der Waals surface area (Å²) in [5.41, 5.74) is 2.13. The molecule has 0 N–H and O–H groups in total. The number of pyridine rings is 1. The van der Waals surface area contributed by atoms with Gasteiger partial charge in [-0.15, -0.1) is 0 Å². The van der Waals surface area contributed by atoms with E-state index in [0.717, 1.165) is 5.56 Å². The number of fused-ring (bicyclic) bond motifs is 1. The molecule has 12 nitrogen and oxygen atoms in total. The molecule has 1 aliphatic heterocycles. The van der Waals surface area contributed by atoms with Crippen molar-refractivity contribution >= 4 is 44.5 Å². The lowest BCUT2D eigenvalue weighted by atomic mass is 10.0. The molecule has 0 aromatic carbocycles. The minimum atomic E-state index is -2.66. The quantitative estimate of drug-likeness (QED) is 0.321. The van der Waals surface area contributed by atoms with Crippen LogP contribution in [0, 0.1) is 0 Å². The van der Waals surface area contributed by atoms with Gasteiger partial charge >= 0.3 is 0 Å². The van der Waals surface area contributed by atoms with E-state index < -0.39 is 21.4 Å². The average Bonchev–Trinajstić information content (AvgIpc) is 3.46. The van der Waals surface area contributed by atoms with Crippen LogP contribution in [0.3, 0.4) is 0 Å². The Morgan fingerprint density at radius 2 is 1.81 bits per heavy atom. The number of imidazole rings is 1. The van der Waals surface area contributed by atoms with Gasteiger partial charge < -0.3 is 4.90 Å². The van der Waals surface area contributed by atoms with Crippen molar-refractivity contribution in [3.8, 4) is 11.5 Å². The summed E-state index contributed by atoms with van der Waals surface area (Å²) in [5, 5.41) is 4.70. The smallest absolute Gasteiger partial charge is 0.180 e. The van der Waals surface area contributed by atoms with Crippen LogP contribution in [-0.4, -0.2) is 75.9 Å². The highest BCUT2D eigenvalue weighted by molar-refractivity contribution is 7.72. The summed E-state index contributed by atoms with van der Waals surface area (Å²) in [4.78, 5) is 17.6. The monoisotopic (exact) mass is 550 g/mol. The van der Waals surface area contributed by atoms with Gasteiger partial charge in [-0.1, -0.05) is 11.6 Å². The Labute approximate surface area is 215 Å². The van der Waals surface area contributed by atoms with Crippen molar-refractivity contribution in [3.63, 3.8) is 0 Å². The number of piperazine rings is 1. The van der Waals surface area contributed by atoms with Crippen molar-refractivity contribution in [2.45, 2.75) is 24.9 Å². The molecule has 4 aromatic rings. The maximum absolute atomic E-state index is 11.6. The number of anilines is 1. The van der Waals surface area contributed by atoms with Gasteiger partial charge in [-0.2, -0.15) is 5.10 Å². The molecule has 2 unspecified atom stereocenters. The summed E-state index contributed by atoms with van der Waals surface area (Å²) >= 11 is 6.17.